The van der Waals surface area contributed by atoms with Crippen LogP contribution in [0, 0.1) is 0 Å². The Hall–Kier alpha value is -1.35. The maximum atomic E-state index is 13.0. The molecule has 0 N–H and O–H groups in total. The summed E-state index contributed by atoms with van der Waals surface area (Å²) in [7, 11) is 0. The quantitative estimate of drug-likeness (QED) is 0.586. The molecule has 1 fully saturated rings. The second kappa shape index (κ2) is 8.57. The van der Waals surface area contributed by atoms with Gasteiger partial charge < -0.3 is 4.74 Å². The summed E-state index contributed by atoms with van der Waals surface area (Å²) in [5.41, 5.74) is 3.00. The standard InChI is InChI=1S/C25H41NO2/c1-17-11-10-12-18(2)26(17)16-19(3)28-23(27)20-13-21(24(4,5)6)15-22(14-20)25(7,8)9/h13-15,17-19H,10-12,16H2,1-9H3/t17-,18-,19+/m0/s1. The van der Waals surface area contributed by atoms with E-state index in [9.17, 15) is 4.79 Å². The van der Waals surface area contributed by atoms with E-state index >= 15 is 0 Å². The van der Waals surface area contributed by atoms with Gasteiger partial charge in [0.05, 0.1) is 5.56 Å². The molecule has 158 valence electrons. The van der Waals surface area contributed by atoms with Gasteiger partial charge in [-0.15, -0.1) is 0 Å². The topological polar surface area (TPSA) is 29.5 Å². The molecule has 0 aliphatic carbocycles. The summed E-state index contributed by atoms with van der Waals surface area (Å²) in [5.74, 6) is -0.207. The summed E-state index contributed by atoms with van der Waals surface area (Å²) < 4.78 is 5.89. The summed E-state index contributed by atoms with van der Waals surface area (Å²) >= 11 is 0. The number of carbonyl (C=O) groups excluding carboxylic acids is 1. The molecule has 1 saturated heterocycles. The first-order valence-electron chi connectivity index (χ1n) is 10.9. The van der Waals surface area contributed by atoms with Crippen molar-refractivity contribution in [3.8, 4) is 0 Å². The third kappa shape index (κ3) is 5.83. The van der Waals surface area contributed by atoms with Gasteiger partial charge in [-0.3, -0.25) is 4.90 Å². The van der Waals surface area contributed by atoms with Crippen molar-refractivity contribution in [3.05, 3.63) is 34.9 Å². The van der Waals surface area contributed by atoms with Crippen LogP contribution in [-0.2, 0) is 15.6 Å². The lowest BCUT2D eigenvalue weighted by Crippen LogP contribution is -2.47. The lowest BCUT2D eigenvalue weighted by atomic mass is 9.79. The molecule has 1 aliphatic rings. The van der Waals surface area contributed by atoms with Gasteiger partial charge in [-0.2, -0.15) is 0 Å². The zero-order valence-corrected chi connectivity index (χ0v) is 19.6. The van der Waals surface area contributed by atoms with Crippen LogP contribution in [0.5, 0.6) is 0 Å². The van der Waals surface area contributed by atoms with Gasteiger partial charge in [-0.1, -0.05) is 54.0 Å². The van der Waals surface area contributed by atoms with Crippen LogP contribution in [0.2, 0.25) is 0 Å². The maximum absolute atomic E-state index is 13.0. The van der Waals surface area contributed by atoms with Crippen molar-refractivity contribution < 1.29 is 9.53 Å². The summed E-state index contributed by atoms with van der Waals surface area (Å²) in [4.78, 5) is 15.5. The third-order valence-electron chi connectivity index (χ3n) is 6.05. The average Bonchev–Trinajstić information content (AvgIpc) is 2.56. The Morgan fingerprint density at radius 2 is 1.46 bits per heavy atom. The van der Waals surface area contributed by atoms with Crippen LogP contribution in [0.4, 0.5) is 0 Å². The lowest BCUT2D eigenvalue weighted by molar-refractivity contribution is 0.00809. The first kappa shape index (κ1) is 22.9. The van der Waals surface area contributed by atoms with Crippen LogP contribution in [0.15, 0.2) is 18.2 Å². The second-order valence-electron chi connectivity index (χ2n) is 10.8. The third-order valence-corrected chi connectivity index (χ3v) is 6.05. The maximum Gasteiger partial charge on any atom is 0.338 e. The summed E-state index contributed by atoms with van der Waals surface area (Å²) in [6.07, 6.45) is 3.63. The molecule has 0 unspecified atom stereocenters. The molecule has 0 amide bonds. The van der Waals surface area contributed by atoms with Crippen LogP contribution in [-0.4, -0.2) is 35.6 Å². The van der Waals surface area contributed by atoms with Crippen molar-refractivity contribution in [2.24, 2.45) is 0 Å². The van der Waals surface area contributed by atoms with Crippen molar-refractivity contribution in [3.63, 3.8) is 0 Å². The Bertz CT molecular complexity index is 639. The number of benzene rings is 1. The molecule has 1 heterocycles. The SMILES string of the molecule is C[C@H](CN1[C@@H](C)CCC[C@@H]1C)OC(=O)c1cc(C(C)(C)C)cc(C(C)(C)C)c1. The summed E-state index contributed by atoms with van der Waals surface area (Å²) in [6.45, 7) is 20.5. The first-order chi connectivity index (χ1) is 12.8. The highest BCUT2D eigenvalue weighted by Crippen LogP contribution is 2.31. The number of nitrogens with zero attached hydrogens (tertiary/aromatic N) is 1. The van der Waals surface area contributed by atoms with Crippen LogP contribution in [0.1, 0.15) is 103 Å². The predicted molar refractivity (Wildman–Crippen MR) is 118 cm³/mol. The molecule has 1 aromatic rings. The predicted octanol–water partition coefficient (Wildman–Crippen LogP) is 6.09. The van der Waals surface area contributed by atoms with Crippen LogP contribution in [0.3, 0.4) is 0 Å². The van der Waals surface area contributed by atoms with Gasteiger partial charge in [0.1, 0.15) is 6.10 Å². The van der Waals surface area contributed by atoms with E-state index in [2.05, 4.69) is 66.4 Å². The highest BCUT2D eigenvalue weighted by Gasteiger charge is 2.28. The van der Waals surface area contributed by atoms with Crippen molar-refractivity contribution in [1.29, 1.82) is 0 Å². The van der Waals surface area contributed by atoms with Crippen LogP contribution >= 0.6 is 0 Å². The normalized spacial score (nSPS) is 22.8. The lowest BCUT2D eigenvalue weighted by Gasteiger charge is -2.40. The van der Waals surface area contributed by atoms with Crippen molar-refractivity contribution in [1.82, 2.24) is 4.90 Å². The molecule has 1 aliphatic heterocycles. The van der Waals surface area contributed by atoms with E-state index < -0.39 is 0 Å². The molecule has 0 saturated carbocycles. The number of ether oxygens (including phenoxy) is 1. The monoisotopic (exact) mass is 387 g/mol. The molecule has 3 heteroatoms. The Balaban J connectivity index is 2.18. The summed E-state index contributed by atoms with van der Waals surface area (Å²) in [6, 6.07) is 7.37. The summed E-state index contributed by atoms with van der Waals surface area (Å²) in [5, 5.41) is 0. The Kier molecular flexibility index (Phi) is 7.02. The van der Waals surface area contributed by atoms with E-state index in [-0.39, 0.29) is 22.9 Å². The number of likely N-dealkylation sites (tertiary alicyclic amines) is 1. The van der Waals surface area contributed by atoms with E-state index in [1.54, 1.807) is 0 Å². The van der Waals surface area contributed by atoms with Gasteiger partial charge in [-0.05, 0) is 67.7 Å². The molecule has 0 aromatic heterocycles. The van der Waals surface area contributed by atoms with Gasteiger partial charge in [0.25, 0.3) is 0 Å². The molecular formula is C25H41NO2. The molecule has 28 heavy (non-hydrogen) atoms. The minimum Gasteiger partial charge on any atom is -0.458 e. The highest BCUT2D eigenvalue weighted by molar-refractivity contribution is 5.90. The van der Waals surface area contributed by atoms with E-state index in [1.807, 2.05) is 19.1 Å². The van der Waals surface area contributed by atoms with E-state index in [1.165, 1.54) is 30.4 Å². The molecule has 0 bridgehead atoms. The van der Waals surface area contributed by atoms with E-state index in [0.29, 0.717) is 17.6 Å². The molecule has 1 aromatic carbocycles. The smallest absolute Gasteiger partial charge is 0.338 e. The van der Waals surface area contributed by atoms with Gasteiger partial charge in [-0.25, -0.2) is 4.79 Å². The molecule has 3 atom stereocenters. The number of hydrogen-bond donors (Lipinski definition) is 0. The fraction of sp³-hybridized carbons (Fsp3) is 0.720. The largest absolute Gasteiger partial charge is 0.458 e. The van der Waals surface area contributed by atoms with Crippen molar-refractivity contribution >= 4 is 5.97 Å². The minimum atomic E-state index is -0.207. The fourth-order valence-corrected chi connectivity index (χ4v) is 4.03. The van der Waals surface area contributed by atoms with Gasteiger partial charge in [0, 0.05) is 18.6 Å². The van der Waals surface area contributed by atoms with Crippen LogP contribution in [0.25, 0.3) is 0 Å². The molecule has 3 nitrogen and oxygen atoms in total. The average molecular weight is 388 g/mol. The van der Waals surface area contributed by atoms with Gasteiger partial charge in [0.15, 0.2) is 0 Å². The Morgan fingerprint density at radius 1 is 1.00 bits per heavy atom. The molecule has 2 rings (SSSR count). The zero-order chi connectivity index (χ0) is 21.3. The van der Waals surface area contributed by atoms with E-state index in [4.69, 9.17) is 4.74 Å². The van der Waals surface area contributed by atoms with Crippen LogP contribution < -0.4 is 0 Å². The second-order valence-corrected chi connectivity index (χ2v) is 10.8. The molecular weight excluding hydrogens is 346 g/mol. The minimum absolute atomic E-state index is 0.0133. The fourth-order valence-electron chi connectivity index (χ4n) is 4.03. The number of carbonyl (C=O) groups is 1. The number of hydrogen-bond acceptors (Lipinski definition) is 3. The van der Waals surface area contributed by atoms with Crippen molar-refractivity contribution in [2.75, 3.05) is 6.54 Å². The Labute approximate surface area is 172 Å². The van der Waals surface area contributed by atoms with Gasteiger partial charge >= 0.3 is 5.97 Å². The van der Waals surface area contributed by atoms with Crippen molar-refractivity contribution in [2.45, 2.75) is 111 Å². The Morgan fingerprint density at radius 3 is 1.89 bits per heavy atom. The number of piperidine rings is 1. The molecule has 0 radical (unpaired) electrons. The highest BCUT2D eigenvalue weighted by atomic mass is 16.5. The zero-order valence-electron chi connectivity index (χ0n) is 19.6. The number of rotatable bonds is 4. The first-order valence-corrected chi connectivity index (χ1v) is 10.9. The molecule has 0 spiro atoms. The van der Waals surface area contributed by atoms with E-state index in [0.717, 1.165) is 6.54 Å². The number of esters is 1. The van der Waals surface area contributed by atoms with Gasteiger partial charge in [0.2, 0.25) is 0 Å².